The van der Waals surface area contributed by atoms with E-state index in [0.29, 0.717) is 24.7 Å². The van der Waals surface area contributed by atoms with E-state index in [4.69, 9.17) is 24.4 Å². The van der Waals surface area contributed by atoms with Gasteiger partial charge in [0.1, 0.15) is 24.7 Å². The van der Waals surface area contributed by atoms with Crippen molar-refractivity contribution in [1.29, 1.82) is 0 Å². The molecule has 2 aromatic rings. The van der Waals surface area contributed by atoms with Gasteiger partial charge in [-0.15, -0.1) is 0 Å². The summed E-state index contributed by atoms with van der Waals surface area (Å²) < 4.78 is 16.2. The minimum absolute atomic E-state index is 0.162. The smallest absolute Gasteiger partial charge is 0.335 e. The van der Waals surface area contributed by atoms with Crippen molar-refractivity contribution in [2.45, 2.75) is 0 Å². The highest BCUT2D eigenvalue weighted by molar-refractivity contribution is 5.88. The number of rotatable bonds is 10. The number of carboxylic acid groups (broad SMARTS) is 2. The SMILES string of the molecule is O=C(O)c1cccc(OCCOCCOc2cccc(C(=O)O)c2)c1. The average molecular weight is 346 g/mol. The Balaban J connectivity index is 1.62. The minimum Gasteiger partial charge on any atom is -0.491 e. The van der Waals surface area contributed by atoms with Crippen molar-refractivity contribution in [3.05, 3.63) is 59.7 Å². The molecular weight excluding hydrogens is 328 g/mol. The van der Waals surface area contributed by atoms with Crippen molar-refractivity contribution in [2.75, 3.05) is 26.4 Å². The number of carboxylic acids is 2. The van der Waals surface area contributed by atoms with Gasteiger partial charge in [-0.05, 0) is 36.4 Å². The predicted octanol–water partition coefficient (Wildman–Crippen LogP) is 2.56. The van der Waals surface area contributed by atoms with E-state index in [1.54, 1.807) is 24.3 Å². The van der Waals surface area contributed by atoms with Gasteiger partial charge in [0, 0.05) is 0 Å². The lowest BCUT2D eigenvalue weighted by molar-refractivity contribution is 0.0685. The third-order valence-corrected chi connectivity index (χ3v) is 3.15. The topological polar surface area (TPSA) is 102 Å². The van der Waals surface area contributed by atoms with Crippen molar-refractivity contribution in [3.8, 4) is 11.5 Å². The Kier molecular flexibility index (Phi) is 6.79. The number of aromatic carboxylic acids is 2. The van der Waals surface area contributed by atoms with Gasteiger partial charge in [0.2, 0.25) is 0 Å². The molecule has 0 radical (unpaired) electrons. The number of ether oxygens (including phenoxy) is 3. The second-order valence-electron chi connectivity index (χ2n) is 4.98. The van der Waals surface area contributed by atoms with E-state index < -0.39 is 11.9 Å². The third kappa shape index (κ3) is 6.15. The van der Waals surface area contributed by atoms with Crippen LogP contribution in [0.15, 0.2) is 48.5 Å². The summed E-state index contributed by atoms with van der Waals surface area (Å²) in [5.74, 6) is -1.09. The maximum atomic E-state index is 10.8. The molecule has 0 atom stereocenters. The fourth-order valence-corrected chi connectivity index (χ4v) is 1.98. The highest BCUT2D eigenvalue weighted by atomic mass is 16.5. The van der Waals surface area contributed by atoms with Crippen LogP contribution in [0.5, 0.6) is 11.5 Å². The van der Waals surface area contributed by atoms with Gasteiger partial charge in [-0.3, -0.25) is 0 Å². The molecule has 2 rings (SSSR count). The minimum atomic E-state index is -1.01. The largest absolute Gasteiger partial charge is 0.491 e. The molecule has 2 N–H and O–H groups in total. The summed E-state index contributed by atoms with van der Waals surface area (Å²) in [6, 6.07) is 12.4. The molecule has 0 saturated heterocycles. The maximum Gasteiger partial charge on any atom is 0.335 e. The number of carbonyl (C=O) groups is 2. The summed E-state index contributed by atoms with van der Waals surface area (Å²) in [6.45, 7) is 1.18. The molecule has 7 heteroatoms. The van der Waals surface area contributed by atoms with Crippen molar-refractivity contribution in [1.82, 2.24) is 0 Å². The van der Waals surface area contributed by atoms with E-state index in [2.05, 4.69) is 0 Å². The van der Waals surface area contributed by atoms with Crippen LogP contribution >= 0.6 is 0 Å². The Bertz CT molecular complexity index is 665. The fourth-order valence-electron chi connectivity index (χ4n) is 1.98. The quantitative estimate of drug-likeness (QED) is 0.637. The Labute approximate surface area is 144 Å². The van der Waals surface area contributed by atoms with Crippen molar-refractivity contribution in [2.24, 2.45) is 0 Å². The molecule has 0 fully saturated rings. The van der Waals surface area contributed by atoms with Crippen LogP contribution in [0, 0.1) is 0 Å². The number of hydrogen-bond donors (Lipinski definition) is 2. The number of benzene rings is 2. The van der Waals surface area contributed by atoms with Crippen molar-refractivity contribution >= 4 is 11.9 Å². The first-order valence-electron chi connectivity index (χ1n) is 7.56. The van der Waals surface area contributed by atoms with Crippen LogP contribution in [-0.4, -0.2) is 48.6 Å². The van der Waals surface area contributed by atoms with Gasteiger partial charge < -0.3 is 24.4 Å². The molecule has 25 heavy (non-hydrogen) atoms. The summed E-state index contributed by atoms with van der Waals surface area (Å²) in [6.07, 6.45) is 0. The Hall–Kier alpha value is -3.06. The Morgan fingerprint density at radius 2 is 1.16 bits per heavy atom. The standard InChI is InChI=1S/C18H18O7/c19-17(20)13-3-1-5-15(11-13)24-9-7-23-8-10-25-16-6-2-4-14(12-16)18(21)22/h1-6,11-12H,7-10H2,(H,19,20)(H,21,22). The van der Waals surface area contributed by atoms with Gasteiger partial charge in [0.15, 0.2) is 0 Å². The molecule has 0 aromatic heterocycles. The zero-order valence-corrected chi connectivity index (χ0v) is 13.4. The highest BCUT2D eigenvalue weighted by Gasteiger charge is 2.04. The zero-order valence-electron chi connectivity index (χ0n) is 13.4. The summed E-state index contributed by atoms with van der Waals surface area (Å²) >= 11 is 0. The second-order valence-corrected chi connectivity index (χ2v) is 4.98. The van der Waals surface area contributed by atoms with E-state index in [0.717, 1.165) is 0 Å². The molecule has 0 aliphatic rings. The van der Waals surface area contributed by atoms with Gasteiger partial charge in [-0.2, -0.15) is 0 Å². The molecule has 2 aromatic carbocycles. The van der Waals surface area contributed by atoms with E-state index >= 15 is 0 Å². The summed E-state index contributed by atoms with van der Waals surface area (Å²) in [5, 5.41) is 17.8. The maximum absolute atomic E-state index is 10.8. The molecule has 0 heterocycles. The van der Waals surface area contributed by atoms with Crippen molar-refractivity contribution in [3.63, 3.8) is 0 Å². The monoisotopic (exact) mass is 346 g/mol. The summed E-state index contributed by atoms with van der Waals surface area (Å²) in [5.41, 5.74) is 0.325. The Morgan fingerprint density at radius 1 is 0.720 bits per heavy atom. The normalized spacial score (nSPS) is 10.2. The van der Waals surface area contributed by atoms with E-state index in [9.17, 15) is 9.59 Å². The molecule has 7 nitrogen and oxygen atoms in total. The molecule has 0 spiro atoms. The van der Waals surface area contributed by atoms with Crippen LogP contribution < -0.4 is 9.47 Å². The lowest BCUT2D eigenvalue weighted by Gasteiger charge is -2.09. The molecule has 0 aliphatic heterocycles. The highest BCUT2D eigenvalue weighted by Crippen LogP contribution is 2.14. The average Bonchev–Trinajstić information content (AvgIpc) is 2.61. The molecule has 0 amide bonds. The fraction of sp³-hybridized carbons (Fsp3) is 0.222. The van der Waals surface area contributed by atoms with Gasteiger partial charge in [0.25, 0.3) is 0 Å². The third-order valence-electron chi connectivity index (χ3n) is 3.15. The van der Waals surface area contributed by atoms with Crippen LogP contribution in [0.25, 0.3) is 0 Å². The van der Waals surface area contributed by atoms with Crippen LogP contribution in [0.1, 0.15) is 20.7 Å². The molecule has 0 aliphatic carbocycles. The van der Waals surface area contributed by atoms with Crippen LogP contribution in [-0.2, 0) is 4.74 Å². The zero-order chi connectivity index (χ0) is 18.1. The first-order chi connectivity index (χ1) is 12.1. The summed E-state index contributed by atoms with van der Waals surface area (Å²) in [4.78, 5) is 21.7. The second kappa shape index (κ2) is 9.29. The first kappa shape index (κ1) is 18.3. The van der Waals surface area contributed by atoms with E-state index in [1.807, 2.05) is 0 Å². The number of hydrogen-bond acceptors (Lipinski definition) is 5. The van der Waals surface area contributed by atoms with Crippen molar-refractivity contribution < 1.29 is 34.0 Å². The molecular formula is C18H18O7. The van der Waals surface area contributed by atoms with Crippen LogP contribution in [0.3, 0.4) is 0 Å². The first-order valence-corrected chi connectivity index (χ1v) is 7.56. The lowest BCUT2D eigenvalue weighted by Crippen LogP contribution is -2.12. The van der Waals surface area contributed by atoms with Gasteiger partial charge in [-0.1, -0.05) is 12.1 Å². The van der Waals surface area contributed by atoms with Gasteiger partial charge in [0.05, 0.1) is 24.3 Å². The molecule has 0 unspecified atom stereocenters. The summed E-state index contributed by atoms with van der Waals surface area (Å²) in [7, 11) is 0. The van der Waals surface area contributed by atoms with Crippen LogP contribution in [0.4, 0.5) is 0 Å². The van der Waals surface area contributed by atoms with Gasteiger partial charge >= 0.3 is 11.9 Å². The Morgan fingerprint density at radius 3 is 1.56 bits per heavy atom. The van der Waals surface area contributed by atoms with E-state index in [1.165, 1.54) is 24.3 Å². The molecule has 0 saturated carbocycles. The lowest BCUT2D eigenvalue weighted by atomic mass is 10.2. The predicted molar refractivity (Wildman–Crippen MR) is 88.6 cm³/mol. The van der Waals surface area contributed by atoms with Gasteiger partial charge in [-0.25, -0.2) is 9.59 Å². The molecule has 132 valence electrons. The van der Waals surface area contributed by atoms with Crippen LogP contribution in [0.2, 0.25) is 0 Å². The van der Waals surface area contributed by atoms with E-state index in [-0.39, 0.29) is 24.3 Å². The molecule has 0 bridgehead atoms.